The van der Waals surface area contributed by atoms with Crippen molar-refractivity contribution in [1.29, 1.82) is 0 Å². The summed E-state index contributed by atoms with van der Waals surface area (Å²) in [6.07, 6.45) is -5.64. The Hall–Kier alpha value is -3.08. The molecule has 0 aliphatic carbocycles. The zero-order chi connectivity index (χ0) is 46.1. The van der Waals surface area contributed by atoms with Crippen LogP contribution in [0.25, 0.3) is 0 Å². The predicted molar refractivity (Wildman–Crippen MR) is 226 cm³/mol. The van der Waals surface area contributed by atoms with Crippen LogP contribution < -0.4 is 21.3 Å². The molecule has 0 aromatic heterocycles. The van der Waals surface area contributed by atoms with Gasteiger partial charge in [0.2, 0.25) is 5.60 Å². The standard InChI is InChI=1S/C44H78N4O12/c1-34(2)17-26(18-35(3,4)45-34)42(58-31(51)52,25-57-30(49)50)44(60-33(55)56,29-23-40(13,14)48-41(15,16)24-29)43(59-32(53)54,27-19-36(5,6)46-37(7,8)20-27)28-21-38(9,10)47-39(11,12)22-28/h26-29,45-48H,17-25H2,1-16H3,(H,49,50)(H,51,52)(H,53,54)(H,55,56). The van der Waals surface area contributed by atoms with Crippen molar-refractivity contribution in [1.82, 2.24) is 21.3 Å². The quantitative estimate of drug-likeness (QED) is 0.0722. The second-order valence-electron chi connectivity index (χ2n) is 24.1. The van der Waals surface area contributed by atoms with Crippen LogP contribution in [0.1, 0.15) is 162 Å². The van der Waals surface area contributed by atoms with E-state index in [4.69, 9.17) is 18.9 Å². The number of piperidine rings is 4. The van der Waals surface area contributed by atoms with E-state index in [1.165, 1.54) is 0 Å². The monoisotopic (exact) mass is 855 g/mol. The minimum Gasteiger partial charge on any atom is -0.450 e. The first kappa shape index (κ1) is 49.6. The molecule has 60 heavy (non-hydrogen) atoms. The molecular formula is C44H78N4O12. The predicted octanol–water partition coefficient (Wildman–Crippen LogP) is 8.21. The van der Waals surface area contributed by atoms with Gasteiger partial charge in [-0.05, 0) is 162 Å². The van der Waals surface area contributed by atoms with Crippen LogP contribution in [-0.2, 0) is 18.9 Å². The molecule has 4 aliphatic heterocycles. The van der Waals surface area contributed by atoms with Crippen molar-refractivity contribution in [3.63, 3.8) is 0 Å². The molecule has 4 rings (SSSR count). The van der Waals surface area contributed by atoms with Crippen molar-refractivity contribution in [2.45, 2.75) is 223 Å². The van der Waals surface area contributed by atoms with Crippen molar-refractivity contribution in [3.05, 3.63) is 0 Å². The lowest BCUT2D eigenvalue weighted by molar-refractivity contribution is -0.341. The fraction of sp³-hybridized carbons (Fsp3) is 0.909. The lowest BCUT2D eigenvalue weighted by Gasteiger charge is -2.69. The van der Waals surface area contributed by atoms with Gasteiger partial charge >= 0.3 is 24.6 Å². The van der Waals surface area contributed by atoms with Gasteiger partial charge in [-0.25, -0.2) is 19.2 Å². The summed E-state index contributed by atoms with van der Waals surface area (Å²) in [5.74, 6) is -3.81. The maximum Gasteiger partial charge on any atom is 0.506 e. The van der Waals surface area contributed by atoms with Crippen LogP contribution >= 0.6 is 0 Å². The van der Waals surface area contributed by atoms with E-state index in [2.05, 4.69) is 21.3 Å². The molecule has 0 aromatic carbocycles. The molecule has 2 unspecified atom stereocenters. The van der Waals surface area contributed by atoms with Gasteiger partial charge in [0.05, 0.1) is 0 Å². The lowest BCUT2D eigenvalue weighted by Crippen LogP contribution is -2.85. The van der Waals surface area contributed by atoms with Crippen LogP contribution in [-0.4, -0.2) is 113 Å². The third-order valence-corrected chi connectivity index (χ3v) is 13.6. The van der Waals surface area contributed by atoms with Gasteiger partial charge in [0.25, 0.3) is 0 Å². The number of rotatable bonds is 11. The molecule has 16 nitrogen and oxygen atoms in total. The smallest absolute Gasteiger partial charge is 0.450 e. The fourth-order valence-electron chi connectivity index (χ4n) is 14.3. The van der Waals surface area contributed by atoms with E-state index in [1.807, 2.05) is 111 Å². The van der Waals surface area contributed by atoms with E-state index in [-0.39, 0.29) is 51.4 Å². The summed E-state index contributed by atoms with van der Waals surface area (Å²) < 4.78 is 25.6. The van der Waals surface area contributed by atoms with Crippen molar-refractivity contribution < 1.29 is 58.6 Å². The van der Waals surface area contributed by atoms with Gasteiger partial charge < -0.3 is 60.6 Å². The van der Waals surface area contributed by atoms with Crippen molar-refractivity contribution >= 4 is 24.6 Å². The Morgan fingerprint density at radius 2 is 0.683 bits per heavy atom. The second kappa shape index (κ2) is 15.6. The molecule has 0 radical (unpaired) electrons. The summed E-state index contributed by atoms with van der Waals surface area (Å²) in [5, 5.41) is 59.2. The molecule has 0 bridgehead atoms. The van der Waals surface area contributed by atoms with Gasteiger partial charge in [-0.2, -0.15) is 0 Å². The fourth-order valence-corrected chi connectivity index (χ4v) is 14.3. The molecule has 8 N–H and O–H groups in total. The van der Waals surface area contributed by atoms with Crippen molar-refractivity contribution in [2.24, 2.45) is 23.7 Å². The van der Waals surface area contributed by atoms with Crippen LogP contribution in [0.15, 0.2) is 0 Å². The molecule has 2 atom stereocenters. The van der Waals surface area contributed by atoms with Crippen LogP contribution in [0.5, 0.6) is 0 Å². The highest BCUT2D eigenvalue weighted by Gasteiger charge is 2.82. The molecule has 0 amide bonds. The first-order chi connectivity index (χ1) is 26.7. The number of hydrogen-bond donors (Lipinski definition) is 8. The van der Waals surface area contributed by atoms with Crippen LogP contribution in [0, 0.1) is 23.7 Å². The van der Waals surface area contributed by atoms with Gasteiger partial charge in [-0.3, -0.25) is 0 Å². The number of ether oxygens (including phenoxy) is 4. The largest absolute Gasteiger partial charge is 0.506 e. The van der Waals surface area contributed by atoms with Gasteiger partial charge in [-0.1, -0.05) is 0 Å². The Balaban J connectivity index is 2.48. The number of carbonyl (C=O) groups is 4. The molecule has 4 heterocycles. The minimum atomic E-state index is -2.61. The SMILES string of the molecule is CC1(C)CC(C(COC(=O)O)(OC(=O)O)C(OC(=O)O)(C2CC(C)(C)NC(C)(C)C2)C(OC(=O)O)(C2CC(C)(C)NC(C)(C)C2)C2CC(C)(C)NC(C)(C)C2)CC(C)(C)N1. The summed E-state index contributed by atoms with van der Waals surface area (Å²) in [7, 11) is 0. The van der Waals surface area contributed by atoms with E-state index in [0.717, 1.165) is 0 Å². The molecule has 0 aromatic rings. The zero-order valence-corrected chi connectivity index (χ0v) is 39.2. The summed E-state index contributed by atoms with van der Waals surface area (Å²) in [6.45, 7) is 30.4. The summed E-state index contributed by atoms with van der Waals surface area (Å²) >= 11 is 0. The highest BCUT2D eigenvalue weighted by Crippen LogP contribution is 2.65. The van der Waals surface area contributed by atoms with Crippen molar-refractivity contribution in [3.8, 4) is 0 Å². The summed E-state index contributed by atoms with van der Waals surface area (Å²) in [4.78, 5) is 54.8. The van der Waals surface area contributed by atoms with Gasteiger partial charge in [0.15, 0.2) is 11.2 Å². The molecule has 16 heteroatoms. The molecule has 0 saturated carbocycles. The van der Waals surface area contributed by atoms with E-state index >= 15 is 0 Å². The maximum atomic E-state index is 14.2. The average molecular weight is 855 g/mol. The highest BCUT2D eigenvalue weighted by atomic mass is 16.7. The Morgan fingerprint density at radius 1 is 0.417 bits per heavy atom. The highest BCUT2D eigenvalue weighted by molar-refractivity contribution is 5.63. The van der Waals surface area contributed by atoms with E-state index < -0.39 is 116 Å². The molecule has 4 saturated heterocycles. The molecule has 0 spiro atoms. The Labute approximate surface area is 357 Å². The minimum absolute atomic E-state index is 0.125. The Kier molecular flexibility index (Phi) is 12.9. The summed E-state index contributed by atoms with van der Waals surface area (Å²) in [6, 6.07) is 0. The normalized spacial score (nSPS) is 28.2. The van der Waals surface area contributed by atoms with Gasteiger partial charge in [0.1, 0.15) is 6.61 Å². The van der Waals surface area contributed by atoms with Gasteiger partial charge in [-0.15, -0.1) is 0 Å². The first-order valence-corrected chi connectivity index (χ1v) is 21.5. The summed E-state index contributed by atoms with van der Waals surface area (Å²) in [5.41, 5.74) is -13.3. The lowest BCUT2D eigenvalue weighted by atomic mass is 9.45. The third kappa shape index (κ3) is 10.4. The topological polar surface area (TPSA) is 234 Å². The average Bonchev–Trinajstić information content (AvgIpc) is 2.94. The molecular weight excluding hydrogens is 776 g/mol. The second-order valence-corrected chi connectivity index (χ2v) is 24.1. The Morgan fingerprint density at radius 3 is 0.950 bits per heavy atom. The van der Waals surface area contributed by atoms with E-state index in [1.54, 1.807) is 0 Å². The molecule has 4 aliphatic rings. The van der Waals surface area contributed by atoms with E-state index in [0.29, 0.717) is 0 Å². The first-order valence-electron chi connectivity index (χ1n) is 21.5. The Bertz CT molecular complexity index is 1550. The van der Waals surface area contributed by atoms with Crippen LogP contribution in [0.2, 0.25) is 0 Å². The van der Waals surface area contributed by atoms with Gasteiger partial charge in [0, 0.05) is 68.0 Å². The number of carboxylic acid groups (broad SMARTS) is 4. The molecule has 346 valence electrons. The molecule has 4 fully saturated rings. The van der Waals surface area contributed by atoms with E-state index in [9.17, 15) is 39.6 Å². The number of hydrogen-bond acceptors (Lipinski definition) is 12. The van der Waals surface area contributed by atoms with Crippen LogP contribution in [0.3, 0.4) is 0 Å². The number of nitrogens with one attached hydrogen (secondary N) is 4. The third-order valence-electron chi connectivity index (χ3n) is 13.6. The van der Waals surface area contributed by atoms with Crippen molar-refractivity contribution in [2.75, 3.05) is 6.61 Å². The zero-order valence-electron chi connectivity index (χ0n) is 39.2. The maximum absolute atomic E-state index is 14.2. The van der Waals surface area contributed by atoms with Crippen LogP contribution in [0.4, 0.5) is 19.2 Å².